The van der Waals surface area contributed by atoms with Gasteiger partial charge in [-0.1, -0.05) is 12.1 Å². The van der Waals surface area contributed by atoms with Gasteiger partial charge in [-0.2, -0.15) is 0 Å². The molecule has 132 valence electrons. The molecule has 0 bridgehead atoms. The maximum atomic E-state index is 11.0. The summed E-state index contributed by atoms with van der Waals surface area (Å²) in [5, 5.41) is 12.1. The standard InChI is InChI=1S/C18H19N3O3.ClH/c1-12-2-3-13(8-18(12)21(22)23)11-24-15-4-5-17-16(9-15)14(6-7-19)10-20-17;/h2-5,8-10,20H,6-7,11,19H2,1H3;1H. The minimum atomic E-state index is -0.371. The molecule has 0 fully saturated rings. The molecule has 7 heteroatoms. The number of nitrogens with two attached hydrogens (primary N) is 1. The van der Waals surface area contributed by atoms with Gasteiger partial charge in [0.15, 0.2) is 0 Å². The van der Waals surface area contributed by atoms with Gasteiger partial charge in [0, 0.05) is 28.7 Å². The van der Waals surface area contributed by atoms with E-state index in [0.29, 0.717) is 12.1 Å². The number of hydrogen-bond donors (Lipinski definition) is 2. The second-order valence-corrected chi connectivity index (χ2v) is 5.73. The average molecular weight is 362 g/mol. The van der Waals surface area contributed by atoms with E-state index in [4.69, 9.17) is 10.5 Å². The number of aromatic nitrogens is 1. The Balaban J connectivity index is 0.00000225. The van der Waals surface area contributed by atoms with Crippen molar-refractivity contribution in [3.05, 3.63) is 69.4 Å². The number of fused-ring (bicyclic) bond motifs is 1. The van der Waals surface area contributed by atoms with Crippen molar-refractivity contribution in [3.63, 3.8) is 0 Å². The topological polar surface area (TPSA) is 94.2 Å². The van der Waals surface area contributed by atoms with Crippen LogP contribution in [0, 0.1) is 17.0 Å². The number of nitrogens with one attached hydrogen (secondary N) is 1. The number of H-pyrrole nitrogens is 1. The summed E-state index contributed by atoms with van der Waals surface area (Å²) in [6.07, 6.45) is 2.76. The van der Waals surface area contributed by atoms with Crippen LogP contribution in [0.2, 0.25) is 0 Å². The van der Waals surface area contributed by atoms with Gasteiger partial charge in [0.2, 0.25) is 0 Å². The van der Waals surface area contributed by atoms with E-state index in [0.717, 1.165) is 34.2 Å². The number of nitro groups is 1. The number of hydrogen-bond acceptors (Lipinski definition) is 4. The first-order chi connectivity index (χ1) is 11.6. The monoisotopic (exact) mass is 361 g/mol. The average Bonchev–Trinajstić information content (AvgIpc) is 2.96. The van der Waals surface area contributed by atoms with Crippen molar-refractivity contribution < 1.29 is 9.66 Å². The number of benzene rings is 2. The summed E-state index contributed by atoms with van der Waals surface area (Å²) in [5.74, 6) is 0.726. The van der Waals surface area contributed by atoms with Crippen molar-refractivity contribution >= 4 is 29.0 Å². The zero-order chi connectivity index (χ0) is 17.1. The third kappa shape index (κ3) is 4.10. The van der Waals surface area contributed by atoms with Crippen molar-refractivity contribution in [2.45, 2.75) is 20.0 Å². The van der Waals surface area contributed by atoms with Crippen LogP contribution in [-0.2, 0) is 13.0 Å². The van der Waals surface area contributed by atoms with Crippen molar-refractivity contribution in [2.24, 2.45) is 5.73 Å². The molecule has 1 heterocycles. The van der Waals surface area contributed by atoms with E-state index in [9.17, 15) is 10.1 Å². The third-order valence-corrected chi connectivity index (χ3v) is 4.03. The minimum absolute atomic E-state index is 0. The zero-order valence-corrected chi connectivity index (χ0v) is 14.6. The van der Waals surface area contributed by atoms with Gasteiger partial charge >= 0.3 is 0 Å². The summed E-state index contributed by atoms with van der Waals surface area (Å²) >= 11 is 0. The van der Waals surface area contributed by atoms with E-state index in [1.54, 1.807) is 19.1 Å². The lowest BCUT2D eigenvalue weighted by atomic mass is 10.1. The fraction of sp³-hybridized carbons (Fsp3) is 0.222. The Bertz CT molecular complexity index is 892. The van der Waals surface area contributed by atoms with Gasteiger partial charge < -0.3 is 15.5 Å². The zero-order valence-electron chi connectivity index (χ0n) is 13.8. The SMILES string of the molecule is Cc1ccc(COc2ccc3[nH]cc(CCN)c3c2)cc1[N+](=O)[O-].Cl. The summed E-state index contributed by atoms with van der Waals surface area (Å²) < 4.78 is 5.81. The first-order valence-electron chi connectivity index (χ1n) is 7.75. The Morgan fingerprint density at radius 1 is 1.24 bits per heavy atom. The Morgan fingerprint density at radius 2 is 2.04 bits per heavy atom. The molecule has 3 aromatic rings. The Hall–Kier alpha value is -2.57. The predicted octanol–water partition coefficient (Wildman–Crippen LogP) is 3.89. The van der Waals surface area contributed by atoms with Crippen LogP contribution in [0.25, 0.3) is 10.9 Å². The largest absolute Gasteiger partial charge is 0.489 e. The van der Waals surface area contributed by atoms with E-state index >= 15 is 0 Å². The number of rotatable bonds is 6. The minimum Gasteiger partial charge on any atom is -0.489 e. The molecule has 0 aliphatic rings. The maximum Gasteiger partial charge on any atom is 0.272 e. The number of ether oxygens (including phenoxy) is 1. The first kappa shape index (κ1) is 18.8. The van der Waals surface area contributed by atoms with Gasteiger partial charge in [-0.25, -0.2) is 0 Å². The molecule has 0 amide bonds. The molecule has 2 aromatic carbocycles. The number of halogens is 1. The van der Waals surface area contributed by atoms with Crippen LogP contribution in [-0.4, -0.2) is 16.5 Å². The summed E-state index contributed by atoms with van der Waals surface area (Å²) in [7, 11) is 0. The summed E-state index contributed by atoms with van der Waals surface area (Å²) in [5.41, 5.74) is 9.35. The molecule has 3 rings (SSSR count). The summed E-state index contributed by atoms with van der Waals surface area (Å²) in [6.45, 7) is 2.59. The van der Waals surface area contributed by atoms with Crippen LogP contribution in [0.4, 0.5) is 5.69 Å². The van der Waals surface area contributed by atoms with E-state index < -0.39 is 0 Å². The highest BCUT2D eigenvalue weighted by Gasteiger charge is 2.11. The van der Waals surface area contributed by atoms with Gasteiger partial charge in [-0.3, -0.25) is 10.1 Å². The van der Waals surface area contributed by atoms with Gasteiger partial charge in [0.05, 0.1) is 4.92 Å². The number of nitro benzene ring substituents is 1. The Kier molecular flexibility index (Phi) is 6.01. The lowest BCUT2D eigenvalue weighted by Crippen LogP contribution is -2.02. The smallest absolute Gasteiger partial charge is 0.272 e. The number of aryl methyl sites for hydroxylation is 1. The number of aromatic amines is 1. The predicted molar refractivity (Wildman–Crippen MR) is 100 cm³/mol. The van der Waals surface area contributed by atoms with Crippen molar-refractivity contribution in [1.29, 1.82) is 0 Å². The van der Waals surface area contributed by atoms with Gasteiger partial charge in [-0.05, 0) is 49.2 Å². The Labute approximate surface area is 151 Å². The van der Waals surface area contributed by atoms with Crippen molar-refractivity contribution in [3.8, 4) is 5.75 Å². The highest BCUT2D eigenvalue weighted by molar-refractivity contribution is 5.85. The second kappa shape index (κ2) is 8.00. The molecular formula is C18H20ClN3O3. The molecule has 6 nitrogen and oxygen atoms in total. The molecule has 0 saturated carbocycles. The Morgan fingerprint density at radius 3 is 2.76 bits per heavy atom. The van der Waals surface area contributed by atoms with Crippen LogP contribution < -0.4 is 10.5 Å². The van der Waals surface area contributed by atoms with E-state index in [1.807, 2.05) is 30.5 Å². The lowest BCUT2D eigenvalue weighted by molar-refractivity contribution is -0.385. The molecule has 0 aliphatic carbocycles. The van der Waals surface area contributed by atoms with Crippen LogP contribution in [0.1, 0.15) is 16.7 Å². The van der Waals surface area contributed by atoms with E-state index in [2.05, 4.69) is 4.98 Å². The summed E-state index contributed by atoms with van der Waals surface area (Å²) in [4.78, 5) is 13.9. The van der Waals surface area contributed by atoms with Crippen molar-refractivity contribution in [2.75, 3.05) is 6.54 Å². The van der Waals surface area contributed by atoms with E-state index in [-0.39, 0.29) is 29.6 Å². The lowest BCUT2D eigenvalue weighted by Gasteiger charge is -2.08. The van der Waals surface area contributed by atoms with Crippen LogP contribution >= 0.6 is 12.4 Å². The third-order valence-electron chi connectivity index (χ3n) is 4.03. The van der Waals surface area contributed by atoms with Gasteiger partial charge in [-0.15, -0.1) is 12.4 Å². The normalized spacial score (nSPS) is 10.5. The highest BCUT2D eigenvalue weighted by atomic mass is 35.5. The maximum absolute atomic E-state index is 11.0. The first-order valence-corrected chi connectivity index (χ1v) is 7.75. The molecular weight excluding hydrogens is 342 g/mol. The molecule has 1 aromatic heterocycles. The molecule has 0 aliphatic heterocycles. The molecule has 0 atom stereocenters. The second-order valence-electron chi connectivity index (χ2n) is 5.73. The fourth-order valence-corrected chi connectivity index (χ4v) is 2.72. The van der Waals surface area contributed by atoms with Crippen LogP contribution in [0.3, 0.4) is 0 Å². The van der Waals surface area contributed by atoms with Gasteiger partial charge in [0.25, 0.3) is 5.69 Å². The molecule has 0 unspecified atom stereocenters. The molecule has 0 saturated heterocycles. The molecule has 25 heavy (non-hydrogen) atoms. The van der Waals surface area contributed by atoms with Gasteiger partial charge in [0.1, 0.15) is 12.4 Å². The molecule has 3 N–H and O–H groups in total. The summed E-state index contributed by atoms with van der Waals surface area (Å²) in [6, 6.07) is 11.0. The van der Waals surface area contributed by atoms with Crippen LogP contribution in [0.15, 0.2) is 42.6 Å². The van der Waals surface area contributed by atoms with Crippen LogP contribution in [0.5, 0.6) is 5.75 Å². The van der Waals surface area contributed by atoms with E-state index in [1.165, 1.54) is 0 Å². The highest BCUT2D eigenvalue weighted by Crippen LogP contribution is 2.25. The number of nitrogens with zero attached hydrogens (tertiary/aromatic N) is 1. The molecule has 0 spiro atoms. The quantitative estimate of drug-likeness (QED) is 0.514. The molecule has 0 radical (unpaired) electrons. The fourth-order valence-electron chi connectivity index (χ4n) is 2.72. The van der Waals surface area contributed by atoms with Crippen molar-refractivity contribution in [1.82, 2.24) is 4.98 Å².